The predicted molar refractivity (Wildman–Crippen MR) is 74.9 cm³/mol. The van der Waals surface area contributed by atoms with E-state index in [9.17, 15) is 4.79 Å². The molecule has 0 aromatic heterocycles. The molecule has 104 valence electrons. The van der Waals surface area contributed by atoms with Crippen molar-refractivity contribution in [3.63, 3.8) is 0 Å². The number of methoxy groups -OCH3 is 1. The highest BCUT2D eigenvalue weighted by Crippen LogP contribution is 2.40. The van der Waals surface area contributed by atoms with Gasteiger partial charge in [0.2, 0.25) is 0 Å². The summed E-state index contributed by atoms with van der Waals surface area (Å²) in [6.07, 6.45) is 4.67. The van der Waals surface area contributed by atoms with E-state index < -0.39 is 11.4 Å². The molecule has 0 atom stereocenters. The van der Waals surface area contributed by atoms with E-state index in [-0.39, 0.29) is 6.42 Å². The average Bonchev–Trinajstić information content (AvgIpc) is 2.35. The third-order valence-electron chi connectivity index (χ3n) is 4.01. The second-order valence-corrected chi connectivity index (χ2v) is 5.95. The Morgan fingerprint density at radius 3 is 2.63 bits per heavy atom. The zero-order valence-electron chi connectivity index (χ0n) is 12.0. The van der Waals surface area contributed by atoms with Crippen molar-refractivity contribution in [3.05, 3.63) is 28.8 Å². The SMILES string of the molecule is COc1c(C(C)(C)CC(=O)O)ccc2c1CCCC2. The van der Waals surface area contributed by atoms with E-state index >= 15 is 0 Å². The number of ether oxygens (including phenoxy) is 1. The number of aryl methyl sites for hydroxylation is 1. The maximum atomic E-state index is 11.0. The number of carboxylic acids is 1. The largest absolute Gasteiger partial charge is 0.496 e. The normalized spacial score (nSPS) is 14.9. The Morgan fingerprint density at radius 2 is 2.00 bits per heavy atom. The van der Waals surface area contributed by atoms with E-state index in [1.165, 1.54) is 24.0 Å². The van der Waals surface area contributed by atoms with Crippen molar-refractivity contribution in [1.82, 2.24) is 0 Å². The highest BCUT2D eigenvalue weighted by Gasteiger charge is 2.29. The number of rotatable bonds is 4. The smallest absolute Gasteiger partial charge is 0.304 e. The first kappa shape index (κ1) is 13.9. The van der Waals surface area contributed by atoms with Crippen LogP contribution in [0.2, 0.25) is 0 Å². The Kier molecular flexibility index (Phi) is 3.83. The van der Waals surface area contributed by atoms with Gasteiger partial charge in [-0.15, -0.1) is 0 Å². The van der Waals surface area contributed by atoms with Crippen molar-refractivity contribution in [3.8, 4) is 5.75 Å². The van der Waals surface area contributed by atoms with E-state index in [1.807, 2.05) is 19.9 Å². The Morgan fingerprint density at radius 1 is 1.32 bits per heavy atom. The van der Waals surface area contributed by atoms with Gasteiger partial charge in [-0.2, -0.15) is 0 Å². The van der Waals surface area contributed by atoms with Crippen LogP contribution in [-0.4, -0.2) is 18.2 Å². The summed E-state index contributed by atoms with van der Waals surface area (Å²) in [5.41, 5.74) is 3.24. The van der Waals surface area contributed by atoms with Gasteiger partial charge in [-0.1, -0.05) is 26.0 Å². The van der Waals surface area contributed by atoms with Crippen molar-refractivity contribution >= 4 is 5.97 Å². The highest BCUT2D eigenvalue weighted by molar-refractivity contribution is 5.69. The second kappa shape index (κ2) is 5.24. The molecule has 0 saturated carbocycles. The summed E-state index contributed by atoms with van der Waals surface area (Å²) in [5, 5.41) is 9.07. The van der Waals surface area contributed by atoms with Crippen LogP contribution in [0, 0.1) is 0 Å². The highest BCUT2D eigenvalue weighted by atomic mass is 16.5. The second-order valence-electron chi connectivity index (χ2n) is 5.95. The first-order chi connectivity index (χ1) is 8.95. The maximum Gasteiger partial charge on any atom is 0.304 e. The van der Waals surface area contributed by atoms with Crippen LogP contribution in [-0.2, 0) is 23.1 Å². The summed E-state index contributed by atoms with van der Waals surface area (Å²) in [4.78, 5) is 11.0. The molecular weight excluding hydrogens is 240 g/mol. The molecule has 0 bridgehead atoms. The lowest BCUT2D eigenvalue weighted by atomic mass is 9.78. The van der Waals surface area contributed by atoms with E-state index in [2.05, 4.69) is 6.07 Å². The standard InChI is InChI=1S/C16H22O3/c1-16(2,10-14(17)18)13-9-8-11-6-4-5-7-12(11)15(13)19-3/h8-9H,4-7,10H2,1-3H3,(H,17,18). The van der Waals surface area contributed by atoms with Crippen molar-refractivity contribution in [2.24, 2.45) is 0 Å². The van der Waals surface area contributed by atoms with E-state index in [4.69, 9.17) is 9.84 Å². The summed E-state index contributed by atoms with van der Waals surface area (Å²) in [7, 11) is 1.69. The van der Waals surface area contributed by atoms with Gasteiger partial charge in [0, 0.05) is 11.0 Å². The Labute approximate surface area is 114 Å². The molecule has 1 aliphatic carbocycles. The third-order valence-corrected chi connectivity index (χ3v) is 4.01. The van der Waals surface area contributed by atoms with Gasteiger partial charge in [-0.3, -0.25) is 4.79 Å². The van der Waals surface area contributed by atoms with Gasteiger partial charge in [0.25, 0.3) is 0 Å². The minimum absolute atomic E-state index is 0.113. The quantitative estimate of drug-likeness (QED) is 0.905. The Hall–Kier alpha value is -1.51. The fraction of sp³-hybridized carbons (Fsp3) is 0.562. The van der Waals surface area contributed by atoms with Crippen LogP contribution in [0.15, 0.2) is 12.1 Å². The summed E-state index contributed by atoms with van der Waals surface area (Å²) >= 11 is 0. The first-order valence-electron chi connectivity index (χ1n) is 6.87. The van der Waals surface area contributed by atoms with Gasteiger partial charge in [0.15, 0.2) is 0 Å². The monoisotopic (exact) mass is 262 g/mol. The molecule has 3 heteroatoms. The minimum Gasteiger partial charge on any atom is -0.496 e. The lowest BCUT2D eigenvalue weighted by Crippen LogP contribution is -2.23. The number of hydrogen-bond acceptors (Lipinski definition) is 2. The van der Waals surface area contributed by atoms with E-state index in [0.717, 1.165) is 24.2 Å². The van der Waals surface area contributed by atoms with Gasteiger partial charge in [0.05, 0.1) is 13.5 Å². The summed E-state index contributed by atoms with van der Waals surface area (Å²) in [6.45, 7) is 3.93. The molecule has 0 saturated heterocycles. The number of carboxylic acid groups (broad SMARTS) is 1. The first-order valence-corrected chi connectivity index (χ1v) is 6.87. The van der Waals surface area contributed by atoms with Crippen LogP contribution >= 0.6 is 0 Å². The summed E-state index contributed by atoms with van der Waals surface area (Å²) in [5.74, 6) is 0.133. The van der Waals surface area contributed by atoms with Crippen molar-refractivity contribution < 1.29 is 14.6 Å². The Bertz CT molecular complexity index is 489. The van der Waals surface area contributed by atoms with E-state index in [1.54, 1.807) is 7.11 Å². The Balaban J connectivity index is 2.48. The molecule has 3 nitrogen and oxygen atoms in total. The topological polar surface area (TPSA) is 46.5 Å². The van der Waals surface area contributed by atoms with Crippen molar-refractivity contribution in [2.45, 2.75) is 51.4 Å². The van der Waals surface area contributed by atoms with Gasteiger partial charge >= 0.3 is 5.97 Å². The molecule has 0 radical (unpaired) electrons. The van der Waals surface area contributed by atoms with Crippen LogP contribution in [0.3, 0.4) is 0 Å². The molecule has 1 aliphatic rings. The molecule has 1 aromatic rings. The molecule has 0 spiro atoms. The molecule has 1 N–H and O–H groups in total. The van der Waals surface area contributed by atoms with E-state index in [0.29, 0.717) is 0 Å². The van der Waals surface area contributed by atoms with Crippen LogP contribution in [0.4, 0.5) is 0 Å². The number of hydrogen-bond donors (Lipinski definition) is 1. The van der Waals surface area contributed by atoms with Crippen LogP contribution in [0.1, 0.15) is 49.8 Å². The van der Waals surface area contributed by atoms with Crippen LogP contribution in [0.5, 0.6) is 5.75 Å². The minimum atomic E-state index is -0.773. The molecule has 0 amide bonds. The van der Waals surface area contributed by atoms with Gasteiger partial charge in [-0.05, 0) is 36.8 Å². The van der Waals surface area contributed by atoms with Crippen LogP contribution in [0.25, 0.3) is 0 Å². The zero-order valence-corrected chi connectivity index (χ0v) is 12.0. The maximum absolute atomic E-state index is 11.0. The fourth-order valence-corrected chi connectivity index (χ4v) is 3.03. The number of aliphatic carboxylic acids is 1. The molecule has 0 fully saturated rings. The van der Waals surface area contributed by atoms with Gasteiger partial charge in [0.1, 0.15) is 5.75 Å². The molecule has 1 aromatic carbocycles. The molecule has 2 rings (SSSR count). The van der Waals surface area contributed by atoms with Crippen LogP contribution < -0.4 is 4.74 Å². The predicted octanol–water partition coefficient (Wildman–Crippen LogP) is 3.33. The molecule has 0 unspecified atom stereocenters. The summed E-state index contributed by atoms with van der Waals surface area (Å²) in [6, 6.07) is 4.20. The average molecular weight is 262 g/mol. The molecule has 0 aliphatic heterocycles. The van der Waals surface area contributed by atoms with Crippen molar-refractivity contribution in [2.75, 3.05) is 7.11 Å². The third kappa shape index (κ3) is 2.75. The van der Waals surface area contributed by atoms with Gasteiger partial charge < -0.3 is 9.84 Å². The summed E-state index contributed by atoms with van der Waals surface area (Å²) < 4.78 is 5.62. The lowest BCUT2D eigenvalue weighted by molar-refractivity contribution is -0.138. The van der Waals surface area contributed by atoms with Gasteiger partial charge in [-0.25, -0.2) is 0 Å². The molecule has 19 heavy (non-hydrogen) atoms. The lowest BCUT2D eigenvalue weighted by Gasteiger charge is -2.29. The number of benzene rings is 1. The number of carbonyl (C=O) groups is 1. The molecule has 0 heterocycles. The number of fused-ring (bicyclic) bond motifs is 1. The zero-order chi connectivity index (χ0) is 14.0. The fourth-order valence-electron chi connectivity index (χ4n) is 3.03. The van der Waals surface area contributed by atoms with Crippen molar-refractivity contribution in [1.29, 1.82) is 0 Å². The molecular formula is C16H22O3.